The first-order chi connectivity index (χ1) is 16.2. The minimum absolute atomic E-state index is 0.0879. The van der Waals surface area contributed by atoms with Crippen molar-refractivity contribution in [2.45, 2.75) is 18.1 Å². The Morgan fingerprint density at radius 2 is 1.58 bits per heavy atom. The fraction of sp³-hybridized carbons (Fsp3) is 0.231. The highest BCUT2D eigenvalue weighted by Gasteiger charge is 2.17. The number of nitrogens with zero attached hydrogens (tertiary/aromatic N) is 1. The molecule has 0 aliphatic carbocycles. The molecule has 3 aromatic rings. The van der Waals surface area contributed by atoms with Gasteiger partial charge in [0.25, 0.3) is 5.91 Å². The van der Waals surface area contributed by atoms with Crippen LogP contribution in [0, 0.1) is 6.92 Å². The van der Waals surface area contributed by atoms with E-state index in [2.05, 4.69) is 53.8 Å². The predicted molar refractivity (Wildman–Crippen MR) is 137 cm³/mol. The largest absolute Gasteiger partial charge is 0.489 e. The monoisotopic (exact) mass is 478 g/mol. The van der Waals surface area contributed by atoms with E-state index in [4.69, 9.17) is 9.47 Å². The third-order valence-corrected chi connectivity index (χ3v) is 8.06. The number of hydrogen-bond donors (Lipinski definition) is 1. The van der Waals surface area contributed by atoms with Gasteiger partial charge in [-0.3, -0.25) is 4.79 Å². The molecule has 0 unspecified atom stereocenters. The van der Waals surface area contributed by atoms with E-state index in [1.54, 1.807) is 6.21 Å². The van der Waals surface area contributed by atoms with Crippen LogP contribution in [0.5, 0.6) is 11.5 Å². The van der Waals surface area contributed by atoms with Crippen LogP contribution in [0.4, 0.5) is 0 Å². The number of rotatable bonds is 9. The highest BCUT2D eigenvalue weighted by atomic mass is 32.2. The smallest absolute Gasteiger partial charge is 0.277 e. The van der Waals surface area contributed by atoms with E-state index in [-0.39, 0.29) is 12.5 Å². The van der Waals surface area contributed by atoms with E-state index in [9.17, 15) is 4.79 Å². The lowest BCUT2D eigenvalue weighted by Crippen LogP contribution is -2.24. The Bertz CT molecular complexity index is 1060. The minimum atomic E-state index is -0.310. The van der Waals surface area contributed by atoms with Crippen molar-refractivity contribution in [2.75, 3.05) is 18.1 Å². The summed E-state index contributed by atoms with van der Waals surface area (Å²) in [5.74, 6) is 3.53. The van der Waals surface area contributed by atoms with Gasteiger partial charge in [-0.05, 0) is 60.0 Å². The molecule has 0 saturated carbocycles. The van der Waals surface area contributed by atoms with E-state index in [0.29, 0.717) is 16.9 Å². The number of benzene rings is 3. The zero-order chi connectivity index (χ0) is 22.9. The van der Waals surface area contributed by atoms with E-state index in [1.807, 2.05) is 59.9 Å². The molecule has 7 heteroatoms. The molecule has 0 atom stereocenters. The van der Waals surface area contributed by atoms with Crippen LogP contribution in [0.2, 0.25) is 0 Å². The summed E-state index contributed by atoms with van der Waals surface area (Å²) in [6.45, 7) is 2.49. The van der Waals surface area contributed by atoms with Crippen molar-refractivity contribution in [3.05, 3.63) is 95.1 Å². The van der Waals surface area contributed by atoms with Crippen molar-refractivity contribution in [3.8, 4) is 11.5 Å². The van der Waals surface area contributed by atoms with E-state index >= 15 is 0 Å². The van der Waals surface area contributed by atoms with Gasteiger partial charge in [0.15, 0.2) is 6.61 Å². The standard InChI is InChI=1S/C26H26N2O3S2/c1-19-2-4-21(5-3-19)17-30-23-10-6-20(7-11-23)16-27-28-25(29)18-31-24-12-8-22(9-13-24)26-32-14-15-33-26/h2-13,16,26H,14-15,17-18H2,1H3,(H,28,29)/b27-16-. The maximum Gasteiger partial charge on any atom is 0.277 e. The second-order valence-electron chi connectivity index (χ2n) is 7.57. The van der Waals surface area contributed by atoms with Gasteiger partial charge >= 0.3 is 0 Å². The fourth-order valence-corrected chi connectivity index (χ4v) is 5.99. The molecular formula is C26H26N2O3S2. The zero-order valence-electron chi connectivity index (χ0n) is 18.4. The van der Waals surface area contributed by atoms with E-state index in [1.165, 1.54) is 22.6 Å². The summed E-state index contributed by atoms with van der Waals surface area (Å²) in [4.78, 5) is 12.0. The number of amides is 1. The van der Waals surface area contributed by atoms with Gasteiger partial charge in [0.1, 0.15) is 18.1 Å². The van der Waals surface area contributed by atoms with Gasteiger partial charge in [-0.15, -0.1) is 23.5 Å². The van der Waals surface area contributed by atoms with Gasteiger partial charge in [-0.1, -0.05) is 42.0 Å². The third kappa shape index (κ3) is 7.30. The Balaban J connectivity index is 1.17. The van der Waals surface area contributed by atoms with Crippen LogP contribution in [-0.2, 0) is 11.4 Å². The molecule has 170 valence electrons. The molecule has 0 bridgehead atoms. The van der Waals surface area contributed by atoms with Crippen LogP contribution >= 0.6 is 23.5 Å². The summed E-state index contributed by atoms with van der Waals surface area (Å²) in [5, 5.41) is 4.00. The lowest BCUT2D eigenvalue weighted by Gasteiger charge is -2.10. The third-order valence-electron chi connectivity index (χ3n) is 4.95. The molecule has 1 amide bonds. The number of hydrazone groups is 1. The fourth-order valence-electron chi connectivity index (χ4n) is 3.13. The molecule has 1 aliphatic heterocycles. The number of carbonyl (C=O) groups excluding carboxylic acids is 1. The molecule has 1 heterocycles. The number of aryl methyl sites for hydroxylation is 1. The van der Waals surface area contributed by atoms with Gasteiger partial charge in [0.2, 0.25) is 0 Å². The van der Waals surface area contributed by atoms with Crippen LogP contribution in [0.25, 0.3) is 0 Å². The van der Waals surface area contributed by atoms with Gasteiger partial charge in [0.05, 0.1) is 10.8 Å². The average Bonchev–Trinajstić information content (AvgIpc) is 3.39. The maximum absolute atomic E-state index is 12.0. The Hall–Kier alpha value is -2.90. The summed E-state index contributed by atoms with van der Waals surface area (Å²) >= 11 is 3.93. The topological polar surface area (TPSA) is 59.9 Å². The Morgan fingerprint density at radius 1 is 0.939 bits per heavy atom. The maximum atomic E-state index is 12.0. The summed E-state index contributed by atoms with van der Waals surface area (Å²) < 4.78 is 11.9. The lowest BCUT2D eigenvalue weighted by atomic mass is 10.2. The van der Waals surface area contributed by atoms with Crippen LogP contribution in [0.3, 0.4) is 0 Å². The van der Waals surface area contributed by atoms with Crippen molar-refractivity contribution in [2.24, 2.45) is 5.10 Å². The highest BCUT2D eigenvalue weighted by Crippen LogP contribution is 2.45. The molecule has 1 aliphatic rings. The van der Waals surface area contributed by atoms with Gasteiger partial charge < -0.3 is 9.47 Å². The van der Waals surface area contributed by atoms with Crippen LogP contribution < -0.4 is 14.9 Å². The normalized spacial score (nSPS) is 13.8. The zero-order valence-corrected chi connectivity index (χ0v) is 20.0. The highest BCUT2D eigenvalue weighted by molar-refractivity contribution is 8.19. The Morgan fingerprint density at radius 3 is 2.27 bits per heavy atom. The molecule has 0 radical (unpaired) electrons. The average molecular weight is 479 g/mol. The summed E-state index contributed by atoms with van der Waals surface area (Å²) in [6.07, 6.45) is 1.59. The van der Waals surface area contributed by atoms with E-state index < -0.39 is 0 Å². The molecule has 4 rings (SSSR count). The van der Waals surface area contributed by atoms with Gasteiger partial charge in [-0.2, -0.15) is 5.10 Å². The second-order valence-corrected chi connectivity index (χ2v) is 10.3. The minimum Gasteiger partial charge on any atom is -0.489 e. The molecule has 1 N–H and O–H groups in total. The molecule has 0 spiro atoms. The number of carbonyl (C=O) groups is 1. The summed E-state index contributed by atoms with van der Waals surface area (Å²) in [5.41, 5.74) is 6.99. The summed E-state index contributed by atoms with van der Waals surface area (Å²) in [7, 11) is 0. The predicted octanol–water partition coefficient (Wildman–Crippen LogP) is 5.58. The number of nitrogens with one attached hydrogen (secondary N) is 1. The number of thioether (sulfide) groups is 2. The van der Waals surface area contributed by atoms with Crippen molar-refractivity contribution in [1.29, 1.82) is 0 Å². The Kier molecular flexibility index (Phi) is 8.33. The van der Waals surface area contributed by atoms with Crippen molar-refractivity contribution >= 4 is 35.6 Å². The molecule has 33 heavy (non-hydrogen) atoms. The van der Waals surface area contributed by atoms with Gasteiger partial charge in [-0.25, -0.2) is 5.43 Å². The number of ether oxygens (including phenoxy) is 2. The Labute approximate surface area is 203 Å². The quantitative estimate of drug-likeness (QED) is 0.321. The van der Waals surface area contributed by atoms with Crippen molar-refractivity contribution < 1.29 is 14.3 Å². The molecule has 3 aromatic carbocycles. The molecule has 1 saturated heterocycles. The van der Waals surface area contributed by atoms with Crippen molar-refractivity contribution in [3.63, 3.8) is 0 Å². The molecule has 5 nitrogen and oxygen atoms in total. The first-order valence-corrected chi connectivity index (χ1v) is 12.8. The SMILES string of the molecule is Cc1ccc(COc2ccc(/C=N\NC(=O)COc3ccc(C4SCCS4)cc3)cc2)cc1. The lowest BCUT2D eigenvalue weighted by molar-refractivity contribution is -0.123. The first kappa shape index (κ1) is 23.3. The van der Waals surface area contributed by atoms with Crippen LogP contribution in [0.15, 0.2) is 77.9 Å². The summed E-state index contributed by atoms with van der Waals surface area (Å²) in [6, 6.07) is 23.8. The molecule has 1 fully saturated rings. The molecule has 0 aromatic heterocycles. The van der Waals surface area contributed by atoms with Crippen LogP contribution in [0.1, 0.15) is 26.8 Å². The number of hydrogen-bond acceptors (Lipinski definition) is 6. The second kappa shape index (κ2) is 11.8. The van der Waals surface area contributed by atoms with E-state index in [0.717, 1.165) is 16.9 Å². The first-order valence-electron chi connectivity index (χ1n) is 10.7. The van der Waals surface area contributed by atoms with Crippen molar-refractivity contribution in [1.82, 2.24) is 5.43 Å². The molecular weight excluding hydrogens is 452 g/mol. The van der Waals surface area contributed by atoms with Crippen LogP contribution in [-0.4, -0.2) is 30.2 Å². The van der Waals surface area contributed by atoms with Gasteiger partial charge in [0, 0.05) is 11.5 Å².